The van der Waals surface area contributed by atoms with Crippen molar-refractivity contribution in [2.45, 2.75) is 39.2 Å². The summed E-state index contributed by atoms with van der Waals surface area (Å²) in [6.45, 7) is 9.91. The molecule has 0 saturated carbocycles. The van der Waals surface area contributed by atoms with Gasteiger partial charge in [0.1, 0.15) is 5.84 Å². The quantitative estimate of drug-likeness (QED) is 0.605. The predicted molar refractivity (Wildman–Crippen MR) is 109 cm³/mol. The van der Waals surface area contributed by atoms with Crippen molar-refractivity contribution >= 4 is 30.1 Å². The normalized spacial score (nSPS) is 17.7. The van der Waals surface area contributed by atoms with Crippen molar-refractivity contribution in [1.82, 2.24) is 10.2 Å². The number of hydrogen-bond acceptors (Lipinski definition) is 3. The Labute approximate surface area is 160 Å². The van der Waals surface area contributed by atoms with Gasteiger partial charge in [0.05, 0.1) is 10.6 Å². The van der Waals surface area contributed by atoms with Crippen molar-refractivity contribution in [3.05, 3.63) is 46.6 Å². The van der Waals surface area contributed by atoms with Crippen molar-refractivity contribution in [3.8, 4) is 0 Å². The summed E-state index contributed by atoms with van der Waals surface area (Å²) in [4.78, 5) is 23.1. The molecule has 0 aliphatic carbocycles. The highest BCUT2D eigenvalue weighted by Gasteiger charge is 2.23. The third-order valence-electron chi connectivity index (χ3n) is 4.62. The van der Waals surface area contributed by atoms with Crippen LogP contribution in [0, 0.1) is 0 Å². The molecule has 0 radical (unpaired) electrons. The summed E-state index contributed by atoms with van der Waals surface area (Å²) in [6, 6.07) is 7.19. The highest BCUT2D eigenvalue weighted by Crippen LogP contribution is 2.18. The first-order valence-corrected chi connectivity index (χ1v) is 9.35. The molecule has 140 valence electrons. The van der Waals surface area contributed by atoms with E-state index in [1.807, 2.05) is 32.2 Å². The molecule has 6 heteroatoms. The van der Waals surface area contributed by atoms with Gasteiger partial charge in [0.2, 0.25) is 0 Å². The number of nitrogens with zero attached hydrogens (tertiary/aromatic N) is 3. The maximum Gasteiger partial charge on any atom is 0.252 e. The topological polar surface area (TPSA) is 57.1 Å². The Balaban J connectivity index is 2.12. The highest BCUT2D eigenvalue weighted by molar-refractivity contribution is 6.33. The van der Waals surface area contributed by atoms with E-state index in [-0.39, 0.29) is 11.9 Å². The van der Waals surface area contributed by atoms with Gasteiger partial charge in [-0.25, -0.2) is 9.98 Å². The molecule has 1 aliphatic heterocycles. The maximum atomic E-state index is 12.5. The molecule has 1 amide bonds. The van der Waals surface area contributed by atoms with Crippen molar-refractivity contribution in [2.24, 2.45) is 9.98 Å². The number of likely N-dealkylation sites (tertiary alicyclic amines) is 1. The van der Waals surface area contributed by atoms with Crippen LogP contribution in [-0.2, 0) is 0 Å². The lowest BCUT2D eigenvalue weighted by molar-refractivity contribution is 0.0934. The van der Waals surface area contributed by atoms with Gasteiger partial charge < -0.3 is 5.32 Å². The van der Waals surface area contributed by atoms with Gasteiger partial charge in [0.15, 0.2) is 0 Å². The van der Waals surface area contributed by atoms with Crippen LogP contribution in [-0.4, -0.2) is 49.0 Å². The van der Waals surface area contributed by atoms with Crippen LogP contribution >= 0.6 is 11.6 Å². The average Bonchev–Trinajstić information content (AvgIpc) is 2.67. The van der Waals surface area contributed by atoms with E-state index in [4.69, 9.17) is 11.6 Å². The smallest absolute Gasteiger partial charge is 0.252 e. The number of piperidine rings is 1. The number of hydrogen-bond donors (Lipinski definition) is 1. The van der Waals surface area contributed by atoms with Gasteiger partial charge >= 0.3 is 0 Å². The minimum Gasteiger partial charge on any atom is -0.350 e. The summed E-state index contributed by atoms with van der Waals surface area (Å²) in [7, 11) is 0. The monoisotopic (exact) mass is 374 g/mol. The maximum absolute atomic E-state index is 12.5. The molecule has 1 N–H and O–H groups in total. The zero-order chi connectivity index (χ0) is 18.9. The lowest BCUT2D eigenvalue weighted by atomic mass is 10.0. The number of carbonyl (C=O) groups is 1. The van der Waals surface area contributed by atoms with E-state index in [9.17, 15) is 4.79 Å². The lowest BCUT2D eigenvalue weighted by Crippen LogP contribution is -2.46. The molecule has 2 rings (SSSR count). The van der Waals surface area contributed by atoms with E-state index in [0.717, 1.165) is 18.7 Å². The van der Waals surface area contributed by atoms with Crippen molar-refractivity contribution < 1.29 is 4.79 Å². The minimum absolute atomic E-state index is 0.100. The van der Waals surface area contributed by atoms with Gasteiger partial charge in [-0.1, -0.05) is 30.2 Å². The van der Waals surface area contributed by atoms with Crippen LogP contribution in [0.1, 0.15) is 43.5 Å². The van der Waals surface area contributed by atoms with Gasteiger partial charge in [0.25, 0.3) is 5.91 Å². The van der Waals surface area contributed by atoms with Crippen molar-refractivity contribution in [1.29, 1.82) is 0 Å². The van der Waals surface area contributed by atoms with Crippen molar-refractivity contribution in [3.63, 3.8) is 0 Å². The summed E-state index contributed by atoms with van der Waals surface area (Å²) >= 11 is 6.13. The Morgan fingerprint density at radius 1 is 1.31 bits per heavy atom. The number of amides is 1. The molecule has 1 unspecified atom stereocenters. The van der Waals surface area contributed by atoms with Gasteiger partial charge in [-0.2, -0.15) is 0 Å². The molecule has 1 atom stereocenters. The second kappa shape index (κ2) is 10.2. The van der Waals surface area contributed by atoms with Crippen LogP contribution in [0.3, 0.4) is 0 Å². The van der Waals surface area contributed by atoms with Gasteiger partial charge in [0, 0.05) is 18.8 Å². The Hall–Kier alpha value is -1.98. The van der Waals surface area contributed by atoms with Crippen LogP contribution in [0.5, 0.6) is 0 Å². The Morgan fingerprint density at radius 2 is 2.00 bits per heavy atom. The van der Waals surface area contributed by atoms with E-state index < -0.39 is 0 Å². The van der Waals surface area contributed by atoms with E-state index in [2.05, 4.69) is 26.9 Å². The largest absolute Gasteiger partial charge is 0.350 e. The fourth-order valence-corrected chi connectivity index (χ4v) is 3.28. The summed E-state index contributed by atoms with van der Waals surface area (Å²) < 4.78 is 0. The number of aliphatic imine (C=N–C) groups is 2. The zero-order valence-corrected chi connectivity index (χ0v) is 16.3. The van der Waals surface area contributed by atoms with Gasteiger partial charge in [-0.3, -0.25) is 9.69 Å². The SMILES string of the molecule is C=NC(C)=N/C=C(\C)C(CNC(=O)c1ccccc1Cl)N1CCCCC1. The third-order valence-corrected chi connectivity index (χ3v) is 4.94. The molecule has 1 aromatic carbocycles. The Morgan fingerprint density at radius 3 is 2.65 bits per heavy atom. The van der Waals surface area contributed by atoms with Gasteiger partial charge in [-0.15, -0.1) is 0 Å². The number of amidine groups is 1. The van der Waals surface area contributed by atoms with Crippen molar-refractivity contribution in [2.75, 3.05) is 19.6 Å². The van der Waals surface area contributed by atoms with Crippen LogP contribution < -0.4 is 5.32 Å². The molecule has 0 aromatic heterocycles. The van der Waals surface area contributed by atoms with Crippen LogP contribution in [0.25, 0.3) is 0 Å². The lowest BCUT2D eigenvalue weighted by Gasteiger charge is -2.35. The molecular formula is C20H27ClN4O. The standard InChI is InChI=1S/C20H27ClN4O/c1-15(13-23-16(2)22-3)19(25-11-7-4-8-12-25)14-24-20(26)17-9-5-6-10-18(17)21/h5-6,9-10,13,19H,3-4,7-8,11-12,14H2,1-2H3,(H,24,26)/b15-13+,23-16?. The second-order valence-electron chi connectivity index (χ2n) is 6.51. The zero-order valence-electron chi connectivity index (χ0n) is 15.5. The summed E-state index contributed by atoms with van der Waals surface area (Å²) in [5.74, 6) is 0.472. The molecule has 1 aliphatic rings. The van der Waals surface area contributed by atoms with Crippen LogP contribution in [0.15, 0.2) is 46.0 Å². The number of rotatable bonds is 6. The number of halogens is 1. The highest BCUT2D eigenvalue weighted by atomic mass is 35.5. The predicted octanol–water partition coefficient (Wildman–Crippen LogP) is 3.95. The average molecular weight is 375 g/mol. The fraction of sp³-hybridized carbons (Fsp3) is 0.450. The van der Waals surface area contributed by atoms with Crippen LogP contribution in [0.4, 0.5) is 0 Å². The first kappa shape index (κ1) is 20.3. The summed E-state index contributed by atoms with van der Waals surface area (Å²) in [5, 5.41) is 3.49. The molecule has 1 fully saturated rings. The first-order valence-electron chi connectivity index (χ1n) is 8.97. The van der Waals surface area contributed by atoms with E-state index in [0.29, 0.717) is 23.0 Å². The molecule has 1 heterocycles. The number of nitrogens with one attached hydrogen (secondary N) is 1. The molecule has 26 heavy (non-hydrogen) atoms. The Bertz CT molecular complexity index is 693. The molecule has 0 spiro atoms. The Kier molecular flexibility index (Phi) is 8.01. The second-order valence-corrected chi connectivity index (χ2v) is 6.92. The van der Waals surface area contributed by atoms with Crippen LogP contribution in [0.2, 0.25) is 5.02 Å². The fourth-order valence-electron chi connectivity index (χ4n) is 3.06. The number of carbonyl (C=O) groups excluding carboxylic acids is 1. The minimum atomic E-state index is -0.155. The van der Waals surface area contributed by atoms with E-state index in [1.54, 1.807) is 12.1 Å². The van der Waals surface area contributed by atoms with Gasteiger partial charge in [-0.05, 0) is 64.2 Å². The van der Waals surface area contributed by atoms with E-state index in [1.165, 1.54) is 19.3 Å². The molecular weight excluding hydrogens is 348 g/mol. The first-order chi connectivity index (χ1) is 12.5. The molecule has 0 bridgehead atoms. The molecule has 1 aromatic rings. The van der Waals surface area contributed by atoms with E-state index >= 15 is 0 Å². The summed E-state index contributed by atoms with van der Waals surface area (Å²) in [6.07, 6.45) is 5.44. The third kappa shape index (κ3) is 5.78. The molecule has 1 saturated heterocycles. The number of benzene rings is 1. The molecule has 5 nitrogen and oxygen atoms in total. The summed E-state index contributed by atoms with van der Waals surface area (Å²) in [5.41, 5.74) is 1.59.